The Balaban J connectivity index is 0. The second kappa shape index (κ2) is 17.6. The van der Waals surface area contributed by atoms with Crippen LogP contribution in [0, 0.1) is 20.8 Å². The van der Waals surface area contributed by atoms with Gasteiger partial charge in [-0.2, -0.15) is 0 Å². The SMILES string of the molecule is CC.CC.Cc1ccc(C=O)cc1.Cc1ccc(S(N)(=O)=O)cc1.Cc1ccc(S(N)(=O)=O)cc1. The molecule has 0 saturated heterocycles. The van der Waals surface area contributed by atoms with Crippen molar-refractivity contribution in [2.45, 2.75) is 58.3 Å². The number of hydrogen-bond donors (Lipinski definition) is 2. The van der Waals surface area contributed by atoms with Crippen LogP contribution in [0.4, 0.5) is 0 Å². The third kappa shape index (κ3) is 15.6. The average Bonchev–Trinajstić information content (AvgIpc) is 2.82. The zero-order valence-electron chi connectivity index (χ0n) is 21.5. The van der Waals surface area contributed by atoms with E-state index in [1.807, 2.05) is 72.7 Å². The molecule has 3 aromatic rings. The Kier molecular flexibility index (Phi) is 17.2. The molecule has 4 N–H and O–H groups in total. The van der Waals surface area contributed by atoms with Crippen LogP contribution in [-0.4, -0.2) is 23.1 Å². The van der Waals surface area contributed by atoms with Gasteiger partial charge in [0.15, 0.2) is 0 Å². The highest BCUT2D eigenvalue weighted by Crippen LogP contribution is 2.07. The topological polar surface area (TPSA) is 137 Å². The quantitative estimate of drug-likeness (QED) is 0.459. The molecule has 7 nitrogen and oxygen atoms in total. The Hall–Kier alpha value is -2.85. The first-order chi connectivity index (χ1) is 16.3. The van der Waals surface area contributed by atoms with Crippen molar-refractivity contribution in [3.05, 3.63) is 95.1 Å². The van der Waals surface area contributed by atoms with Crippen molar-refractivity contribution in [3.8, 4) is 0 Å². The van der Waals surface area contributed by atoms with Crippen molar-refractivity contribution in [2.75, 3.05) is 0 Å². The number of benzene rings is 3. The first-order valence-electron chi connectivity index (χ1n) is 11.0. The van der Waals surface area contributed by atoms with Gasteiger partial charge in [0, 0.05) is 5.56 Å². The molecular weight excluding hydrogens is 484 g/mol. The highest BCUT2D eigenvalue weighted by molar-refractivity contribution is 7.89. The molecule has 0 unspecified atom stereocenters. The van der Waals surface area contributed by atoms with E-state index in [4.69, 9.17) is 10.3 Å². The van der Waals surface area contributed by atoms with Crippen LogP contribution < -0.4 is 10.3 Å². The monoisotopic (exact) mass is 522 g/mol. The van der Waals surface area contributed by atoms with Crippen molar-refractivity contribution >= 4 is 26.3 Å². The highest BCUT2D eigenvalue weighted by Gasteiger charge is 2.05. The van der Waals surface area contributed by atoms with Crippen molar-refractivity contribution in [2.24, 2.45) is 10.3 Å². The number of aryl methyl sites for hydroxylation is 3. The molecule has 3 rings (SSSR count). The molecule has 0 atom stereocenters. The minimum Gasteiger partial charge on any atom is -0.298 e. The first-order valence-corrected chi connectivity index (χ1v) is 14.1. The summed E-state index contributed by atoms with van der Waals surface area (Å²) in [5.41, 5.74) is 3.94. The molecule has 0 aliphatic carbocycles. The number of carbonyl (C=O) groups excluding carboxylic acids is 1. The number of primary sulfonamides is 2. The molecule has 35 heavy (non-hydrogen) atoms. The maximum atomic E-state index is 10.7. The fourth-order valence-corrected chi connectivity index (χ4v) is 3.13. The Bertz CT molecular complexity index is 1110. The van der Waals surface area contributed by atoms with E-state index in [1.165, 1.54) is 29.8 Å². The summed E-state index contributed by atoms with van der Waals surface area (Å²) in [6.07, 6.45) is 0.847. The lowest BCUT2D eigenvalue weighted by Gasteiger charge is -1.96. The van der Waals surface area contributed by atoms with Crippen LogP contribution in [0.5, 0.6) is 0 Å². The van der Waals surface area contributed by atoms with Gasteiger partial charge in [-0.1, -0.05) is 92.9 Å². The van der Waals surface area contributed by atoms with Gasteiger partial charge in [-0.05, 0) is 45.0 Å². The summed E-state index contributed by atoms with van der Waals surface area (Å²) < 4.78 is 42.9. The first kappa shape index (κ1) is 34.3. The zero-order valence-corrected chi connectivity index (χ0v) is 23.2. The second-order valence-electron chi connectivity index (χ2n) is 6.74. The lowest BCUT2D eigenvalue weighted by atomic mass is 10.2. The van der Waals surface area contributed by atoms with E-state index in [0.29, 0.717) is 0 Å². The Morgan fingerprint density at radius 2 is 0.743 bits per heavy atom. The summed E-state index contributed by atoms with van der Waals surface area (Å²) >= 11 is 0. The normalized spacial score (nSPS) is 9.86. The zero-order chi connectivity index (χ0) is 27.7. The second-order valence-corrected chi connectivity index (χ2v) is 9.87. The number of sulfonamides is 2. The molecule has 0 heterocycles. The number of nitrogens with two attached hydrogens (primary N) is 2. The third-order valence-electron chi connectivity index (χ3n) is 3.91. The number of rotatable bonds is 3. The fourth-order valence-electron chi connectivity index (χ4n) is 2.10. The van der Waals surface area contributed by atoms with Crippen molar-refractivity contribution < 1.29 is 21.6 Å². The van der Waals surface area contributed by atoms with E-state index in [2.05, 4.69) is 0 Å². The molecule has 9 heteroatoms. The number of carbonyl (C=O) groups is 1. The van der Waals surface area contributed by atoms with E-state index in [1.54, 1.807) is 24.3 Å². The Labute approximate surface area is 211 Å². The standard InChI is InChI=1S/C8H8O.2C7H9NO2S.2C2H6/c1-7-2-4-8(6-9)5-3-7;2*1-6-2-4-7(5-3-6)11(8,9)10;2*1-2/h2-6H,1H3;2*2-5H,1H3,(H2,8,9,10);2*1-2H3. The fraction of sp³-hybridized carbons (Fsp3) is 0.269. The van der Waals surface area contributed by atoms with E-state index < -0.39 is 20.0 Å². The van der Waals surface area contributed by atoms with Crippen LogP contribution in [0.2, 0.25) is 0 Å². The summed E-state index contributed by atoms with van der Waals surface area (Å²) in [7, 11) is -7.04. The molecule has 3 aromatic carbocycles. The average molecular weight is 523 g/mol. The summed E-state index contributed by atoms with van der Waals surface area (Å²) in [6, 6.07) is 20.3. The predicted molar refractivity (Wildman–Crippen MR) is 144 cm³/mol. The Morgan fingerprint density at radius 3 is 0.943 bits per heavy atom. The smallest absolute Gasteiger partial charge is 0.238 e. The summed E-state index contributed by atoms with van der Waals surface area (Å²) in [6.45, 7) is 13.8. The van der Waals surface area contributed by atoms with Crippen molar-refractivity contribution in [1.82, 2.24) is 0 Å². The van der Waals surface area contributed by atoms with E-state index in [0.717, 1.165) is 23.0 Å². The predicted octanol–water partition coefficient (Wildman–Crippen LogP) is 5.14. The minimum atomic E-state index is -3.52. The third-order valence-corrected chi connectivity index (χ3v) is 5.77. The lowest BCUT2D eigenvalue weighted by Crippen LogP contribution is -2.11. The van der Waals surface area contributed by atoms with Gasteiger partial charge in [0.2, 0.25) is 20.0 Å². The molecule has 194 valence electrons. The van der Waals surface area contributed by atoms with Gasteiger partial charge < -0.3 is 0 Å². The van der Waals surface area contributed by atoms with E-state index in [9.17, 15) is 21.6 Å². The van der Waals surface area contributed by atoms with Crippen LogP contribution in [0.1, 0.15) is 54.7 Å². The molecule has 0 spiro atoms. The van der Waals surface area contributed by atoms with Gasteiger partial charge in [-0.3, -0.25) is 4.79 Å². The van der Waals surface area contributed by atoms with Gasteiger partial charge in [0.1, 0.15) is 6.29 Å². The van der Waals surface area contributed by atoms with Gasteiger partial charge in [0.25, 0.3) is 0 Å². The molecule has 0 amide bonds. The molecule has 0 saturated carbocycles. The largest absolute Gasteiger partial charge is 0.298 e. The maximum Gasteiger partial charge on any atom is 0.238 e. The molecule has 0 bridgehead atoms. The van der Waals surface area contributed by atoms with E-state index in [-0.39, 0.29) is 9.79 Å². The van der Waals surface area contributed by atoms with Gasteiger partial charge in [-0.15, -0.1) is 0 Å². The van der Waals surface area contributed by atoms with Crippen LogP contribution >= 0.6 is 0 Å². The van der Waals surface area contributed by atoms with Gasteiger partial charge >= 0.3 is 0 Å². The molecule has 0 aliphatic rings. The molecular formula is C26H38N2O5S2. The number of hydrogen-bond acceptors (Lipinski definition) is 5. The van der Waals surface area contributed by atoms with E-state index >= 15 is 0 Å². The minimum absolute atomic E-state index is 0.156. The van der Waals surface area contributed by atoms with Crippen molar-refractivity contribution in [1.29, 1.82) is 0 Å². The van der Waals surface area contributed by atoms with Crippen LogP contribution in [-0.2, 0) is 20.0 Å². The number of aldehydes is 1. The summed E-state index contributed by atoms with van der Waals surface area (Å²) in [5.74, 6) is 0. The van der Waals surface area contributed by atoms with Gasteiger partial charge in [0.05, 0.1) is 9.79 Å². The molecule has 0 fully saturated rings. The highest BCUT2D eigenvalue weighted by atomic mass is 32.2. The molecule has 0 aromatic heterocycles. The lowest BCUT2D eigenvalue weighted by molar-refractivity contribution is 0.112. The van der Waals surface area contributed by atoms with Gasteiger partial charge in [-0.25, -0.2) is 27.1 Å². The van der Waals surface area contributed by atoms with Crippen LogP contribution in [0.25, 0.3) is 0 Å². The molecule has 0 aliphatic heterocycles. The summed E-state index contributed by atoms with van der Waals surface area (Å²) in [5, 5.41) is 9.76. The van der Waals surface area contributed by atoms with Crippen molar-refractivity contribution in [3.63, 3.8) is 0 Å². The maximum absolute atomic E-state index is 10.7. The molecule has 0 radical (unpaired) electrons. The van der Waals surface area contributed by atoms with Crippen LogP contribution in [0.3, 0.4) is 0 Å². The summed E-state index contributed by atoms with van der Waals surface area (Å²) in [4.78, 5) is 10.4. The Morgan fingerprint density at radius 1 is 0.514 bits per heavy atom. The van der Waals surface area contributed by atoms with Crippen LogP contribution in [0.15, 0.2) is 82.6 Å².